The Labute approximate surface area is 191 Å². The Bertz CT molecular complexity index is 1080. The molecular formula is C23H22Cl2N4O2. The Morgan fingerprint density at radius 2 is 1.77 bits per heavy atom. The molecule has 3 fully saturated rings. The Morgan fingerprint density at radius 3 is 2.32 bits per heavy atom. The Hall–Kier alpha value is -2.30. The lowest BCUT2D eigenvalue weighted by atomic mass is 9.49. The number of rotatable bonds is 1. The van der Waals surface area contributed by atoms with Crippen molar-refractivity contribution in [3.05, 3.63) is 33.8 Å². The van der Waals surface area contributed by atoms with Gasteiger partial charge in [0.15, 0.2) is 5.41 Å². The summed E-state index contributed by atoms with van der Waals surface area (Å²) in [6.07, 6.45) is 0.659. The minimum atomic E-state index is -1.99. The number of nitrogens with one attached hydrogen (secondary N) is 1. The molecule has 2 saturated heterocycles. The minimum absolute atomic E-state index is 0.0393. The smallest absolute Gasteiger partial charge is 0.217 e. The molecule has 1 saturated carbocycles. The van der Waals surface area contributed by atoms with Crippen molar-refractivity contribution >= 4 is 29.1 Å². The molecule has 5 atom stereocenters. The molecule has 2 bridgehead atoms. The van der Waals surface area contributed by atoms with Gasteiger partial charge in [0, 0.05) is 6.42 Å². The first-order valence-electron chi connectivity index (χ1n) is 10.2. The summed E-state index contributed by atoms with van der Waals surface area (Å²) in [5.74, 6) is -1.97. The molecule has 1 N–H and O–H groups in total. The molecule has 0 spiro atoms. The fraction of sp³-hybridized carbons (Fsp3) is 0.565. The van der Waals surface area contributed by atoms with Crippen LogP contribution in [0.5, 0.6) is 0 Å². The van der Waals surface area contributed by atoms with Gasteiger partial charge in [-0.2, -0.15) is 15.8 Å². The van der Waals surface area contributed by atoms with Crippen LogP contribution in [-0.4, -0.2) is 11.7 Å². The number of benzene rings is 1. The van der Waals surface area contributed by atoms with Crippen LogP contribution in [0.15, 0.2) is 18.2 Å². The predicted molar refractivity (Wildman–Crippen MR) is 114 cm³/mol. The average Bonchev–Trinajstić information content (AvgIpc) is 2.93. The van der Waals surface area contributed by atoms with Gasteiger partial charge >= 0.3 is 0 Å². The number of halogens is 2. The van der Waals surface area contributed by atoms with Gasteiger partial charge in [0.25, 0.3) is 0 Å². The maximum atomic E-state index is 10.4. The van der Waals surface area contributed by atoms with Gasteiger partial charge < -0.3 is 9.47 Å². The van der Waals surface area contributed by atoms with Crippen LogP contribution in [-0.2, 0) is 9.47 Å². The van der Waals surface area contributed by atoms with Crippen molar-refractivity contribution in [1.29, 1.82) is 21.2 Å². The Balaban J connectivity index is 1.95. The van der Waals surface area contributed by atoms with E-state index >= 15 is 0 Å². The lowest BCUT2D eigenvalue weighted by molar-refractivity contribution is -0.301. The zero-order valence-corrected chi connectivity index (χ0v) is 19.0. The molecule has 1 aromatic rings. The number of nitriles is 3. The highest BCUT2D eigenvalue weighted by Gasteiger charge is 2.81. The maximum absolute atomic E-state index is 10.4. The van der Waals surface area contributed by atoms with E-state index in [0.717, 1.165) is 6.42 Å². The van der Waals surface area contributed by atoms with E-state index in [4.69, 9.17) is 38.1 Å². The Kier molecular flexibility index (Phi) is 4.84. The number of hydrogen-bond acceptors (Lipinski definition) is 6. The van der Waals surface area contributed by atoms with Crippen molar-refractivity contribution in [3.63, 3.8) is 0 Å². The fourth-order valence-electron chi connectivity index (χ4n) is 5.60. The molecule has 0 amide bonds. The van der Waals surface area contributed by atoms with Crippen molar-refractivity contribution in [3.8, 4) is 18.2 Å². The van der Waals surface area contributed by atoms with Crippen LogP contribution < -0.4 is 0 Å². The van der Waals surface area contributed by atoms with E-state index in [2.05, 4.69) is 39.0 Å². The Morgan fingerprint density at radius 1 is 1.10 bits per heavy atom. The second-order valence-corrected chi connectivity index (χ2v) is 10.6. The molecule has 3 aliphatic rings. The van der Waals surface area contributed by atoms with Crippen molar-refractivity contribution in [2.75, 3.05) is 0 Å². The molecule has 2 aliphatic heterocycles. The van der Waals surface area contributed by atoms with Crippen LogP contribution in [0, 0.1) is 67.5 Å². The topological polar surface area (TPSA) is 114 Å². The molecule has 5 unspecified atom stereocenters. The van der Waals surface area contributed by atoms with Gasteiger partial charge in [-0.3, -0.25) is 5.41 Å². The lowest BCUT2D eigenvalue weighted by Gasteiger charge is -2.54. The second kappa shape index (κ2) is 6.85. The van der Waals surface area contributed by atoms with Gasteiger partial charge in [-0.1, -0.05) is 50.0 Å². The molecular weight excluding hydrogens is 435 g/mol. The standard InChI is InChI=1S/C23H22Cl2N4O2/c1-20(2,3)14-6-7-23-17(9-14)22(12-28,19(29)31-23)21(10-26,11-27)18(30-23)13-4-5-15(24)16(25)8-13/h4-5,8,14,17-18,29H,6-7,9H2,1-3H3. The minimum Gasteiger partial charge on any atom is -0.447 e. The normalized spacial score (nSPS) is 35.8. The van der Waals surface area contributed by atoms with Crippen LogP contribution in [0.1, 0.15) is 51.7 Å². The number of hydrogen-bond donors (Lipinski definition) is 1. The largest absolute Gasteiger partial charge is 0.447 e. The summed E-state index contributed by atoms with van der Waals surface area (Å²) in [4.78, 5) is 0. The average molecular weight is 457 g/mol. The summed E-state index contributed by atoms with van der Waals surface area (Å²) >= 11 is 12.3. The van der Waals surface area contributed by atoms with Gasteiger partial charge in [0.1, 0.15) is 6.10 Å². The summed E-state index contributed by atoms with van der Waals surface area (Å²) in [6, 6.07) is 11.1. The van der Waals surface area contributed by atoms with E-state index in [1.165, 1.54) is 0 Å². The zero-order chi connectivity index (χ0) is 22.8. The second-order valence-electron chi connectivity index (χ2n) is 9.76. The van der Waals surface area contributed by atoms with Gasteiger partial charge in [0.2, 0.25) is 17.1 Å². The molecule has 1 aliphatic carbocycles. The zero-order valence-electron chi connectivity index (χ0n) is 17.5. The SMILES string of the molecule is CC(C)(C)C1CCC23OC(=N)C(C#N)(C2C1)C(C#N)(C#N)C(c1ccc(Cl)c(Cl)c1)O3. The maximum Gasteiger partial charge on any atom is 0.217 e. The van der Waals surface area contributed by atoms with E-state index in [0.29, 0.717) is 23.4 Å². The first-order chi connectivity index (χ1) is 14.5. The first kappa shape index (κ1) is 21.9. The molecule has 160 valence electrons. The van der Waals surface area contributed by atoms with Gasteiger partial charge in [-0.25, -0.2) is 0 Å². The molecule has 8 heteroatoms. The van der Waals surface area contributed by atoms with Crippen LogP contribution >= 0.6 is 23.2 Å². The van der Waals surface area contributed by atoms with Crippen molar-refractivity contribution in [2.45, 2.75) is 51.9 Å². The number of ether oxygens (including phenoxy) is 2. The highest BCUT2D eigenvalue weighted by atomic mass is 35.5. The molecule has 0 aromatic heterocycles. The molecule has 1 aromatic carbocycles. The lowest BCUT2D eigenvalue weighted by Crippen LogP contribution is -2.61. The summed E-state index contributed by atoms with van der Waals surface area (Å²) in [5, 5.41) is 40.3. The summed E-state index contributed by atoms with van der Waals surface area (Å²) in [6.45, 7) is 6.40. The van der Waals surface area contributed by atoms with E-state index < -0.39 is 28.6 Å². The third kappa shape index (κ3) is 2.68. The van der Waals surface area contributed by atoms with Crippen LogP contribution in [0.2, 0.25) is 10.0 Å². The van der Waals surface area contributed by atoms with Crippen molar-refractivity contribution in [2.24, 2.45) is 28.1 Å². The van der Waals surface area contributed by atoms with Crippen molar-refractivity contribution in [1.82, 2.24) is 0 Å². The highest BCUT2D eigenvalue weighted by molar-refractivity contribution is 6.42. The fourth-order valence-corrected chi connectivity index (χ4v) is 5.91. The van der Waals surface area contributed by atoms with Crippen LogP contribution in [0.4, 0.5) is 0 Å². The van der Waals surface area contributed by atoms with E-state index in [9.17, 15) is 15.8 Å². The molecule has 2 heterocycles. The monoisotopic (exact) mass is 456 g/mol. The quantitative estimate of drug-likeness (QED) is 0.575. The molecule has 6 nitrogen and oxygen atoms in total. The van der Waals surface area contributed by atoms with E-state index in [1.54, 1.807) is 18.2 Å². The number of nitrogens with zero attached hydrogens (tertiary/aromatic N) is 3. The molecule has 31 heavy (non-hydrogen) atoms. The first-order valence-corrected chi connectivity index (χ1v) is 10.9. The van der Waals surface area contributed by atoms with Crippen molar-refractivity contribution < 1.29 is 9.47 Å². The van der Waals surface area contributed by atoms with Gasteiger partial charge in [0.05, 0.1) is 34.2 Å². The molecule has 4 rings (SSSR count). The van der Waals surface area contributed by atoms with E-state index in [-0.39, 0.29) is 22.3 Å². The van der Waals surface area contributed by atoms with Gasteiger partial charge in [-0.15, -0.1) is 0 Å². The van der Waals surface area contributed by atoms with Gasteiger partial charge in [-0.05, 0) is 41.9 Å². The van der Waals surface area contributed by atoms with Crippen LogP contribution in [0.3, 0.4) is 0 Å². The highest BCUT2D eigenvalue weighted by Crippen LogP contribution is 2.70. The molecule has 0 radical (unpaired) electrons. The summed E-state index contributed by atoms with van der Waals surface area (Å²) in [5.41, 5.74) is -3.33. The predicted octanol–water partition coefficient (Wildman–Crippen LogP) is 5.77. The summed E-state index contributed by atoms with van der Waals surface area (Å²) < 4.78 is 12.4. The third-order valence-electron chi connectivity index (χ3n) is 7.38. The van der Waals surface area contributed by atoms with E-state index in [1.807, 2.05) is 0 Å². The third-order valence-corrected chi connectivity index (χ3v) is 8.12. The summed E-state index contributed by atoms with van der Waals surface area (Å²) in [7, 11) is 0. The van der Waals surface area contributed by atoms with Crippen LogP contribution in [0.25, 0.3) is 0 Å².